The molecule has 0 rings (SSSR count). The Morgan fingerprint density at radius 3 is 1.23 bits per heavy atom. The molecule has 0 saturated carbocycles. The zero-order valence-corrected chi connectivity index (χ0v) is 47.5. The van der Waals surface area contributed by atoms with Crippen molar-refractivity contribution in [3.05, 3.63) is 24.3 Å². The van der Waals surface area contributed by atoms with Gasteiger partial charge in [-0.3, -0.25) is 18.6 Å². The number of unbranched alkanes of at least 4 members (excludes halogenated alkanes) is 36. The zero-order chi connectivity index (χ0) is 50.8. The fourth-order valence-electron chi connectivity index (χ4n) is 8.76. The van der Waals surface area contributed by atoms with Crippen LogP contribution in [0.4, 0.5) is 0 Å². The summed E-state index contributed by atoms with van der Waals surface area (Å²) in [6.07, 6.45) is 57.4. The first-order valence-electron chi connectivity index (χ1n) is 29.7. The van der Waals surface area contributed by atoms with Crippen molar-refractivity contribution in [3.63, 3.8) is 0 Å². The summed E-state index contributed by atoms with van der Waals surface area (Å²) in [5, 5.41) is 3.05. The van der Waals surface area contributed by atoms with Gasteiger partial charge in [0.2, 0.25) is 5.91 Å². The van der Waals surface area contributed by atoms with Gasteiger partial charge in [-0.2, -0.15) is 0 Å². The maximum Gasteiger partial charge on any atom is 0.472 e. The van der Waals surface area contributed by atoms with Gasteiger partial charge < -0.3 is 19.4 Å². The molecule has 1 amide bonds. The summed E-state index contributed by atoms with van der Waals surface area (Å²) in [7, 11) is 1.51. The van der Waals surface area contributed by atoms with E-state index in [0.717, 1.165) is 57.8 Å². The lowest BCUT2D eigenvalue weighted by atomic mass is 10.0. The van der Waals surface area contributed by atoms with Gasteiger partial charge in [0.1, 0.15) is 19.3 Å². The molecular formula is C59H116N2O7P+. The molecule has 9 nitrogen and oxygen atoms in total. The number of nitrogens with one attached hydrogen (secondary N) is 1. The number of esters is 1. The summed E-state index contributed by atoms with van der Waals surface area (Å²) in [6, 6.07) is -0.843. The molecule has 0 radical (unpaired) electrons. The molecule has 0 saturated heterocycles. The van der Waals surface area contributed by atoms with Gasteiger partial charge in [0.05, 0.1) is 33.8 Å². The van der Waals surface area contributed by atoms with E-state index >= 15 is 0 Å². The van der Waals surface area contributed by atoms with Crippen molar-refractivity contribution < 1.29 is 37.3 Å². The Labute approximate surface area is 428 Å². The molecule has 3 atom stereocenters. The van der Waals surface area contributed by atoms with Crippen molar-refractivity contribution in [2.45, 2.75) is 303 Å². The molecule has 0 aliphatic rings. The number of likely N-dealkylation sites (N-methyl/N-ethyl adjacent to an activating group) is 1. The molecule has 0 heterocycles. The van der Waals surface area contributed by atoms with Crippen LogP contribution in [-0.4, -0.2) is 74.3 Å². The third kappa shape index (κ3) is 51.2. The number of quaternary nitrogens is 1. The Bertz CT molecular complexity index is 1240. The number of nitrogens with zero attached hydrogens (tertiary/aromatic N) is 1. The van der Waals surface area contributed by atoms with E-state index < -0.39 is 20.0 Å². The van der Waals surface area contributed by atoms with Crippen LogP contribution < -0.4 is 5.32 Å². The normalized spacial score (nSPS) is 13.9. The predicted octanol–water partition coefficient (Wildman–Crippen LogP) is 17.8. The molecule has 2 N–H and O–H groups in total. The molecule has 10 heteroatoms. The third-order valence-electron chi connectivity index (χ3n) is 13.4. The molecule has 0 aromatic carbocycles. The topological polar surface area (TPSA) is 111 Å². The van der Waals surface area contributed by atoms with Crippen LogP contribution in [0.25, 0.3) is 0 Å². The van der Waals surface area contributed by atoms with Crippen LogP contribution in [-0.2, 0) is 27.9 Å². The van der Waals surface area contributed by atoms with E-state index in [9.17, 15) is 19.0 Å². The molecule has 0 aliphatic heterocycles. The van der Waals surface area contributed by atoms with Crippen LogP contribution >= 0.6 is 7.82 Å². The van der Waals surface area contributed by atoms with Gasteiger partial charge in [-0.1, -0.05) is 244 Å². The second-order valence-corrected chi connectivity index (χ2v) is 23.0. The average Bonchev–Trinajstić information content (AvgIpc) is 3.31. The Morgan fingerprint density at radius 1 is 0.493 bits per heavy atom. The Balaban J connectivity index is 5.26. The summed E-state index contributed by atoms with van der Waals surface area (Å²) in [5.74, 6) is -0.497. The van der Waals surface area contributed by atoms with Crippen molar-refractivity contribution >= 4 is 19.7 Å². The molecule has 69 heavy (non-hydrogen) atoms. The number of hydrogen-bond acceptors (Lipinski definition) is 6. The van der Waals surface area contributed by atoms with E-state index in [-0.39, 0.29) is 25.1 Å². The zero-order valence-electron chi connectivity index (χ0n) is 46.6. The lowest BCUT2D eigenvalue weighted by Gasteiger charge is -2.27. The van der Waals surface area contributed by atoms with Crippen molar-refractivity contribution in [3.8, 4) is 0 Å². The van der Waals surface area contributed by atoms with Gasteiger partial charge in [-0.25, -0.2) is 4.57 Å². The highest BCUT2D eigenvalue weighted by Crippen LogP contribution is 2.43. The minimum Gasteiger partial charge on any atom is -0.456 e. The number of ether oxygens (including phenoxy) is 1. The quantitative estimate of drug-likeness (QED) is 0.0205. The lowest BCUT2D eigenvalue weighted by molar-refractivity contribution is -0.870. The first kappa shape index (κ1) is 67.5. The van der Waals surface area contributed by atoms with Crippen LogP contribution in [0.5, 0.6) is 0 Å². The highest BCUT2D eigenvalue weighted by Gasteiger charge is 2.30. The van der Waals surface area contributed by atoms with Crippen LogP contribution in [0.2, 0.25) is 0 Å². The van der Waals surface area contributed by atoms with Crippen molar-refractivity contribution in [2.24, 2.45) is 0 Å². The molecule has 0 spiro atoms. The Morgan fingerprint density at radius 2 is 0.841 bits per heavy atom. The molecule has 408 valence electrons. The highest BCUT2D eigenvalue weighted by molar-refractivity contribution is 7.47. The monoisotopic (exact) mass is 996 g/mol. The summed E-state index contributed by atoms with van der Waals surface area (Å²) in [4.78, 5) is 37.6. The first-order valence-corrected chi connectivity index (χ1v) is 31.2. The average molecular weight is 997 g/mol. The summed E-state index contributed by atoms with van der Waals surface area (Å²) < 4.78 is 30.6. The summed E-state index contributed by atoms with van der Waals surface area (Å²) in [5.41, 5.74) is 0. The molecule has 0 fully saturated rings. The Hall–Kier alpha value is -1.51. The maximum absolute atomic E-state index is 13.5. The van der Waals surface area contributed by atoms with Crippen LogP contribution in [0.15, 0.2) is 24.3 Å². The number of phosphoric ester groups is 1. The van der Waals surface area contributed by atoms with Crippen LogP contribution in [0, 0.1) is 0 Å². The second-order valence-electron chi connectivity index (χ2n) is 21.5. The minimum atomic E-state index is -4.44. The van der Waals surface area contributed by atoms with Gasteiger partial charge in [0, 0.05) is 12.8 Å². The van der Waals surface area contributed by atoms with E-state index in [2.05, 4.69) is 38.2 Å². The van der Waals surface area contributed by atoms with E-state index in [4.69, 9.17) is 13.8 Å². The van der Waals surface area contributed by atoms with Gasteiger partial charge in [-0.15, -0.1) is 0 Å². The number of rotatable bonds is 54. The smallest absolute Gasteiger partial charge is 0.456 e. The van der Waals surface area contributed by atoms with Crippen LogP contribution in [0.1, 0.15) is 290 Å². The van der Waals surface area contributed by atoms with E-state index in [1.54, 1.807) is 0 Å². The number of carbonyl (C=O) groups is 2. The largest absolute Gasteiger partial charge is 0.472 e. The number of amides is 1. The van der Waals surface area contributed by atoms with Gasteiger partial charge in [0.15, 0.2) is 0 Å². The Kier molecular flexibility index (Phi) is 48.9. The molecule has 0 aromatic rings. The summed E-state index contributed by atoms with van der Waals surface area (Å²) in [6.45, 7) is 7.03. The fourth-order valence-corrected chi connectivity index (χ4v) is 9.50. The lowest BCUT2D eigenvalue weighted by Crippen LogP contribution is -2.47. The number of allylic oxidation sites excluding steroid dienone is 3. The fraction of sp³-hybridized carbons (Fsp3) is 0.898. The van der Waals surface area contributed by atoms with Gasteiger partial charge in [-0.05, 0) is 57.4 Å². The van der Waals surface area contributed by atoms with Crippen molar-refractivity contribution in [2.75, 3.05) is 40.9 Å². The number of carbonyl (C=O) groups excluding carboxylic acids is 2. The van der Waals surface area contributed by atoms with Gasteiger partial charge in [0.25, 0.3) is 0 Å². The van der Waals surface area contributed by atoms with E-state index in [1.165, 1.54) is 199 Å². The van der Waals surface area contributed by atoms with Gasteiger partial charge >= 0.3 is 13.8 Å². The second kappa shape index (κ2) is 50.0. The standard InChI is InChI=1S/C59H115N2O7P/c1-7-10-13-16-19-22-25-27-29-30-32-34-37-40-43-46-49-52-59(63)68-57(50-47-44-41-38-35-24-21-18-15-12-9-3)56(55-67-69(64,65)66-54-53-61(4,5)6)60-58(62)51-48-45-42-39-36-33-31-28-26-23-20-17-14-11-8-2/h27,29,47,50,56-57H,7-26,28,30-46,48-49,51-55H2,1-6H3,(H-,60,62,64,65)/p+1/b29-27+,50-47+. The highest BCUT2D eigenvalue weighted by atomic mass is 31.2. The molecule has 0 bridgehead atoms. The van der Waals surface area contributed by atoms with E-state index in [1.807, 2.05) is 33.3 Å². The predicted molar refractivity (Wildman–Crippen MR) is 296 cm³/mol. The minimum absolute atomic E-state index is 0.0429. The van der Waals surface area contributed by atoms with Crippen molar-refractivity contribution in [1.29, 1.82) is 0 Å². The number of phosphoric acid groups is 1. The first-order chi connectivity index (χ1) is 33.4. The van der Waals surface area contributed by atoms with Crippen LogP contribution in [0.3, 0.4) is 0 Å². The van der Waals surface area contributed by atoms with Crippen molar-refractivity contribution in [1.82, 2.24) is 5.32 Å². The molecule has 0 aromatic heterocycles. The molecule has 3 unspecified atom stereocenters. The summed E-state index contributed by atoms with van der Waals surface area (Å²) >= 11 is 0. The third-order valence-corrected chi connectivity index (χ3v) is 14.4. The SMILES string of the molecule is CCCCCCCC/C=C/CCCCCCCCCC(=O)OC(/C=C/CCCCCCCCCCC)C(COP(=O)(O)OCC[N+](C)(C)C)NC(=O)CCCCCCCCCCCCCCCCC. The number of hydrogen-bond donors (Lipinski definition) is 2. The van der Waals surface area contributed by atoms with E-state index in [0.29, 0.717) is 23.9 Å². The maximum atomic E-state index is 13.5. The molecule has 0 aliphatic carbocycles. The molecular weight excluding hydrogens is 880 g/mol.